The second kappa shape index (κ2) is 4.99. The molecule has 0 fully saturated rings. The number of nitrogens with zero attached hydrogens (tertiary/aromatic N) is 1. The summed E-state index contributed by atoms with van der Waals surface area (Å²) in [4.78, 5) is 14.3. The van der Waals surface area contributed by atoms with Gasteiger partial charge in [0, 0.05) is 36.8 Å². The van der Waals surface area contributed by atoms with Gasteiger partial charge in [-0.1, -0.05) is 36.8 Å². The van der Waals surface area contributed by atoms with Crippen LogP contribution in [0.4, 0.5) is 5.69 Å². The molecule has 2 N–H and O–H groups in total. The van der Waals surface area contributed by atoms with Crippen LogP contribution in [-0.2, 0) is 4.74 Å². The Morgan fingerprint density at radius 2 is 2.05 bits per heavy atom. The highest BCUT2D eigenvalue weighted by Gasteiger charge is 2.46. The lowest BCUT2D eigenvalue weighted by atomic mass is 9.71. The molecule has 0 spiro atoms. The highest BCUT2D eigenvalue weighted by molar-refractivity contribution is 5.95. The van der Waals surface area contributed by atoms with Gasteiger partial charge in [-0.2, -0.15) is 0 Å². The van der Waals surface area contributed by atoms with Crippen molar-refractivity contribution in [2.45, 2.75) is 26.0 Å². The number of cyclic esters (lactones) is 1. The van der Waals surface area contributed by atoms with Crippen LogP contribution >= 0.6 is 0 Å². The molecule has 4 nitrogen and oxygen atoms in total. The first-order valence-electron chi connectivity index (χ1n) is 7.48. The minimum atomic E-state index is -0.431. The van der Waals surface area contributed by atoms with E-state index in [1.54, 1.807) is 0 Å². The van der Waals surface area contributed by atoms with Gasteiger partial charge in [0.1, 0.15) is 6.10 Å². The molecule has 0 amide bonds. The monoisotopic (exact) mass is 298 g/mol. The quantitative estimate of drug-likeness (QED) is 0.853. The molecule has 4 heteroatoms. The lowest BCUT2D eigenvalue weighted by Crippen LogP contribution is -2.42. The summed E-state index contributed by atoms with van der Waals surface area (Å²) in [6, 6.07) is 5.70. The summed E-state index contributed by atoms with van der Waals surface area (Å²) in [5.74, 6) is -0.267. The van der Waals surface area contributed by atoms with Gasteiger partial charge in [-0.05, 0) is 19.1 Å². The summed E-state index contributed by atoms with van der Waals surface area (Å²) in [6.07, 6.45) is 5.80. The number of hydrogen-bond acceptors (Lipinski definition) is 4. The second-order valence-corrected chi connectivity index (χ2v) is 6.59. The fraction of sp³-hybridized carbons (Fsp3) is 0.389. The summed E-state index contributed by atoms with van der Waals surface area (Å²) < 4.78 is 5.70. The lowest BCUT2D eigenvalue weighted by molar-refractivity contribution is 0.00743. The van der Waals surface area contributed by atoms with Crippen molar-refractivity contribution in [2.24, 2.45) is 11.1 Å². The summed E-state index contributed by atoms with van der Waals surface area (Å²) in [5, 5.41) is 0. The molecule has 0 saturated carbocycles. The molecule has 1 aliphatic heterocycles. The van der Waals surface area contributed by atoms with Gasteiger partial charge in [0.2, 0.25) is 0 Å². The van der Waals surface area contributed by atoms with Gasteiger partial charge in [0.25, 0.3) is 0 Å². The van der Waals surface area contributed by atoms with Crippen LogP contribution < -0.4 is 10.6 Å². The zero-order valence-corrected chi connectivity index (χ0v) is 13.5. The number of hydrogen-bond donors (Lipinski definition) is 1. The van der Waals surface area contributed by atoms with Crippen LogP contribution in [0.2, 0.25) is 0 Å². The Morgan fingerprint density at radius 3 is 2.68 bits per heavy atom. The number of ether oxygens (including phenoxy) is 1. The maximum atomic E-state index is 12.3. The number of allylic oxidation sites excluding steroid dienone is 2. The van der Waals surface area contributed by atoms with E-state index in [9.17, 15) is 4.79 Å². The van der Waals surface area contributed by atoms with Crippen molar-refractivity contribution in [1.29, 1.82) is 0 Å². The SMILES string of the molecule is CC1=CC(N)C(C)(C2OC(=O)c3cc(N(C)C)ccc32)C=C1. The third-order valence-electron chi connectivity index (χ3n) is 4.71. The van der Waals surface area contributed by atoms with Crippen molar-refractivity contribution in [3.63, 3.8) is 0 Å². The molecule has 116 valence electrons. The standard InChI is InChI=1S/C18H22N2O2/c1-11-7-8-18(2,15(19)9-11)16-13-6-5-12(20(3)4)10-14(13)17(21)22-16/h5-10,15-16H,19H2,1-4H3. The van der Waals surface area contributed by atoms with Gasteiger partial charge in [-0.25, -0.2) is 4.79 Å². The largest absolute Gasteiger partial charge is 0.453 e. The van der Waals surface area contributed by atoms with Crippen LogP contribution in [0.1, 0.15) is 35.9 Å². The molecule has 3 atom stereocenters. The molecule has 0 radical (unpaired) electrons. The van der Waals surface area contributed by atoms with Gasteiger partial charge in [0.15, 0.2) is 0 Å². The molecule has 22 heavy (non-hydrogen) atoms. The number of esters is 1. The van der Waals surface area contributed by atoms with Crippen molar-refractivity contribution in [2.75, 3.05) is 19.0 Å². The highest BCUT2D eigenvalue weighted by atomic mass is 16.5. The highest BCUT2D eigenvalue weighted by Crippen LogP contribution is 2.48. The van der Waals surface area contributed by atoms with Crippen molar-refractivity contribution < 1.29 is 9.53 Å². The van der Waals surface area contributed by atoms with E-state index < -0.39 is 5.41 Å². The van der Waals surface area contributed by atoms with Crippen LogP contribution in [0.15, 0.2) is 42.0 Å². The van der Waals surface area contributed by atoms with Gasteiger partial charge in [0.05, 0.1) is 5.56 Å². The van der Waals surface area contributed by atoms with Crippen molar-refractivity contribution in [1.82, 2.24) is 0 Å². The molecule has 3 unspecified atom stereocenters. The first-order valence-corrected chi connectivity index (χ1v) is 7.48. The molecule has 1 aliphatic carbocycles. The fourth-order valence-electron chi connectivity index (χ4n) is 3.13. The van der Waals surface area contributed by atoms with Crippen LogP contribution in [0.5, 0.6) is 0 Å². The van der Waals surface area contributed by atoms with E-state index in [0.29, 0.717) is 5.56 Å². The third-order valence-corrected chi connectivity index (χ3v) is 4.71. The molecular formula is C18H22N2O2. The van der Waals surface area contributed by atoms with Gasteiger partial charge in [-0.3, -0.25) is 0 Å². The number of rotatable bonds is 2. The molecule has 0 aromatic heterocycles. The Bertz CT molecular complexity index is 690. The number of benzene rings is 1. The van der Waals surface area contributed by atoms with Crippen LogP contribution in [0.3, 0.4) is 0 Å². The van der Waals surface area contributed by atoms with E-state index in [1.807, 2.05) is 63.2 Å². The maximum absolute atomic E-state index is 12.3. The van der Waals surface area contributed by atoms with Crippen LogP contribution in [0, 0.1) is 5.41 Å². The van der Waals surface area contributed by atoms with Crippen molar-refractivity contribution >= 4 is 11.7 Å². The zero-order valence-electron chi connectivity index (χ0n) is 13.5. The first-order chi connectivity index (χ1) is 10.3. The molecule has 1 heterocycles. The molecular weight excluding hydrogens is 276 g/mol. The van der Waals surface area contributed by atoms with Gasteiger partial charge >= 0.3 is 5.97 Å². The smallest absolute Gasteiger partial charge is 0.339 e. The number of anilines is 1. The van der Waals surface area contributed by atoms with Gasteiger partial charge < -0.3 is 15.4 Å². The predicted molar refractivity (Wildman–Crippen MR) is 87.9 cm³/mol. The number of fused-ring (bicyclic) bond motifs is 1. The lowest BCUT2D eigenvalue weighted by Gasteiger charge is -2.38. The van der Waals surface area contributed by atoms with Crippen LogP contribution in [-0.4, -0.2) is 26.1 Å². The predicted octanol–water partition coefficient (Wildman–Crippen LogP) is 2.81. The van der Waals surface area contributed by atoms with Gasteiger partial charge in [-0.15, -0.1) is 0 Å². The van der Waals surface area contributed by atoms with Crippen molar-refractivity contribution in [3.05, 3.63) is 53.1 Å². The Hall–Kier alpha value is -2.07. The maximum Gasteiger partial charge on any atom is 0.339 e. The Morgan fingerprint density at radius 1 is 1.32 bits per heavy atom. The van der Waals surface area contributed by atoms with E-state index >= 15 is 0 Å². The molecule has 3 rings (SSSR count). The fourth-order valence-corrected chi connectivity index (χ4v) is 3.13. The molecule has 1 aromatic rings. The molecule has 1 aromatic carbocycles. The average Bonchev–Trinajstić information content (AvgIpc) is 2.81. The normalized spacial score (nSPS) is 29.9. The topological polar surface area (TPSA) is 55.6 Å². The minimum Gasteiger partial charge on any atom is -0.453 e. The number of carbonyl (C=O) groups is 1. The summed E-state index contributed by atoms with van der Waals surface area (Å²) in [5.41, 5.74) is 9.60. The Balaban J connectivity index is 2.04. The Labute approximate surface area is 131 Å². The number of carbonyl (C=O) groups excluding carboxylic acids is 1. The second-order valence-electron chi connectivity index (χ2n) is 6.59. The summed E-state index contributed by atoms with van der Waals surface area (Å²) in [6.45, 7) is 4.07. The first kappa shape index (κ1) is 14.9. The number of nitrogens with two attached hydrogens (primary N) is 1. The summed E-state index contributed by atoms with van der Waals surface area (Å²) >= 11 is 0. The molecule has 0 bridgehead atoms. The summed E-state index contributed by atoms with van der Waals surface area (Å²) in [7, 11) is 3.91. The van der Waals surface area contributed by atoms with E-state index in [4.69, 9.17) is 10.5 Å². The minimum absolute atomic E-state index is 0.185. The Kier molecular flexibility index (Phi) is 3.37. The zero-order chi connectivity index (χ0) is 16.1. The van der Waals surface area contributed by atoms with Crippen molar-refractivity contribution in [3.8, 4) is 0 Å². The van der Waals surface area contributed by atoms with E-state index in [-0.39, 0.29) is 18.1 Å². The van der Waals surface area contributed by atoms with E-state index in [0.717, 1.165) is 16.8 Å². The molecule has 0 saturated heterocycles. The third kappa shape index (κ3) is 2.15. The average molecular weight is 298 g/mol. The van der Waals surface area contributed by atoms with E-state index in [1.165, 1.54) is 0 Å². The van der Waals surface area contributed by atoms with Crippen LogP contribution in [0.25, 0.3) is 0 Å². The molecule has 2 aliphatic rings. The van der Waals surface area contributed by atoms with E-state index in [2.05, 4.69) is 6.08 Å².